The number of nitrogens with zero attached hydrogens (tertiary/aromatic N) is 3. The molecule has 3 unspecified atom stereocenters. The number of carbonyl (C=O) groups excluding carboxylic acids is 1. The largest absolute Gasteiger partial charge is 0.421 e. The van der Waals surface area contributed by atoms with E-state index in [0.717, 1.165) is 5.56 Å². The first-order valence-corrected chi connectivity index (χ1v) is 9.83. The highest BCUT2D eigenvalue weighted by Crippen LogP contribution is 2.39. The van der Waals surface area contributed by atoms with E-state index in [9.17, 15) is 4.79 Å². The summed E-state index contributed by atoms with van der Waals surface area (Å²) in [7, 11) is 0. The molecular weight excluding hydrogens is 322 g/mol. The maximum atomic E-state index is 12.8. The number of amides is 1. The Balaban J connectivity index is 1.38. The lowest BCUT2D eigenvalue weighted by Crippen LogP contribution is -2.42. The highest BCUT2D eigenvalue weighted by atomic mass is 32.1. The molecule has 4 rings (SSSR count). The summed E-state index contributed by atoms with van der Waals surface area (Å²) in [5, 5.41) is 12.1. The fraction of sp³-hybridized carbons (Fsp3) is 0.611. The van der Waals surface area contributed by atoms with Crippen LogP contribution in [0.2, 0.25) is 0 Å². The van der Waals surface area contributed by atoms with Crippen molar-refractivity contribution in [3.8, 4) is 11.5 Å². The fourth-order valence-corrected chi connectivity index (χ4v) is 4.97. The zero-order chi connectivity index (χ0) is 16.5. The maximum Gasteiger partial charge on any atom is 0.248 e. The summed E-state index contributed by atoms with van der Waals surface area (Å²) in [6, 6.07) is 2.79. The number of aryl methyl sites for hydroxylation is 1. The Morgan fingerprint density at radius 2 is 2.25 bits per heavy atom. The Labute approximate surface area is 146 Å². The third-order valence-corrected chi connectivity index (χ3v) is 6.10. The van der Waals surface area contributed by atoms with Crippen LogP contribution in [0.25, 0.3) is 11.5 Å². The van der Waals surface area contributed by atoms with E-state index in [1.807, 2.05) is 16.8 Å². The van der Waals surface area contributed by atoms with Gasteiger partial charge in [-0.2, -0.15) is 11.3 Å². The molecule has 2 aromatic rings. The van der Waals surface area contributed by atoms with Gasteiger partial charge in [0.25, 0.3) is 0 Å². The number of hydrogen-bond acceptors (Lipinski definition) is 5. The Morgan fingerprint density at radius 1 is 1.38 bits per heavy atom. The van der Waals surface area contributed by atoms with Crippen LogP contribution in [0.5, 0.6) is 0 Å². The minimum atomic E-state index is 0.243. The fourth-order valence-electron chi connectivity index (χ4n) is 4.34. The number of aromatic nitrogens is 2. The molecule has 24 heavy (non-hydrogen) atoms. The van der Waals surface area contributed by atoms with Crippen LogP contribution >= 0.6 is 11.3 Å². The van der Waals surface area contributed by atoms with Crippen molar-refractivity contribution in [2.75, 3.05) is 0 Å². The highest BCUT2D eigenvalue weighted by molar-refractivity contribution is 7.08. The van der Waals surface area contributed by atoms with Crippen LogP contribution < -0.4 is 0 Å². The topological polar surface area (TPSA) is 59.2 Å². The normalized spacial score (nSPS) is 26.5. The summed E-state index contributed by atoms with van der Waals surface area (Å²) in [6.07, 6.45) is 7.18. The summed E-state index contributed by atoms with van der Waals surface area (Å²) in [5.41, 5.74) is 0.947. The second kappa shape index (κ2) is 6.67. The van der Waals surface area contributed by atoms with E-state index >= 15 is 0 Å². The van der Waals surface area contributed by atoms with E-state index in [-0.39, 0.29) is 5.91 Å². The third kappa shape index (κ3) is 2.99. The molecule has 6 heteroatoms. The lowest BCUT2D eigenvalue weighted by Gasteiger charge is -2.33. The maximum absolute atomic E-state index is 12.8. The van der Waals surface area contributed by atoms with Gasteiger partial charge in [0.1, 0.15) is 0 Å². The van der Waals surface area contributed by atoms with Crippen molar-refractivity contribution in [2.24, 2.45) is 5.92 Å². The SMILES string of the molecule is CC1CC2CCCCC2N1C(=O)CCc1nnc(-c2ccsc2)o1. The van der Waals surface area contributed by atoms with Gasteiger partial charge in [-0.15, -0.1) is 10.2 Å². The molecular formula is C18H23N3O2S. The number of rotatable bonds is 4. The second-order valence-electron chi connectivity index (χ2n) is 7.01. The van der Waals surface area contributed by atoms with E-state index < -0.39 is 0 Å². The minimum absolute atomic E-state index is 0.243. The zero-order valence-electron chi connectivity index (χ0n) is 14.0. The summed E-state index contributed by atoms with van der Waals surface area (Å²) in [4.78, 5) is 14.9. The van der Waals surface area contributed by atoms with Crippen molar-refractivity contribution in [1.29, 1.82) is 0 Å². The van der Waals surface area contributed by atoms with Gasteiger partial charge in [-0.3, -0.25) is 4.79 Å². The average molecular weight is 345 g/mol. The lowest BCUT2D eigenvalue weighted by atomic mass is 9.85. The van der Waals surface area contributed by atoms with Crippen LogP contribution in [0.1, 0.15) is 51.3 Å². The molecule has 1 saturated heterocycles. The molecule has 0 N–H and O–H groups in total. The van der Waals surface area contributed by atoms with Crippen LogP contribution in [0, 0.1) is 5.92 Å². The molecule has 1 saturated carbocycles. The van der Waals surface area contributed by atoms with E-state index in [1.165, 1.54) is 32.1 Å². The van der Waals surface area contributed by atoms with Gasteiger partial charge < -0.3 is 9.32 Å². The predicted octanol–water partition coefficient (Wildman–Crippen LogP) is 3.91. The summed E-state index contributed by atoms with van der Waals surface area (Å²) in [6.45, 7) is 2.19. The molecule has 5 nitrogen and oxygen atoms in total. The molecule has 2 aliphatic rings. The average Bonchev–Trinajstić information content (AvgIpc) is 3.31. The lowest BCUT2D eigenvalue weighted by molar-refractivity contribution is -0.134. The smallest absolute Gasteiger partial charge is 0.248 e. The number of hydrogen-bond donors (Lipinski definition) is 0. The van der Waals surface area contributed by atoms with Gasteiger partial charge in [0.2, 0.25) is 17.7 Å². The van der Waals surface area contributed by atoms with E-state index in [0.29, 0.717) is 42.6 Å². The van der Waals surface area contributed by atoms with Gasteiger partial charge in [-0.05, 0) is 43.6 Å². The number of thiophene rings is 1. The number of fused-ring (bicyclic) bond motifs is 1. The molecule has 1 aliphatic heterocycles. The molecule has 1 amide bonds. The first kappa shape index (κ1) is 15.8. The van der Waals surface area contributed by atoms with Gasteiger partial charge >= 0.3 is 0 Å². The number of likely N-dealkylation sites (tertiary alicyclic amines) is 1. The molecule has 0 spiro atoms. The molecule has 3 atom stereocenters. The van der Waals surface area contributed by atoms with Gasteiger partial charge in [0, 0.05) is 35.9 Å². The van der Waals surface area contributed by atoms with Crippen molar-refractivity contribution in [2.45, 2.75) is 64.0 Å². The second-order valence-corrected chi connectivity index (χ2v) is 7.79. The van der Waals surface area contributed by atoms with Crippen LogP contribution in [-0.4, -0.2) is 33.1 Å². The monoisotopic (exact) mass is 345 g/mol. The van der Waals surface area contributed by atoms with Crippen LogP contribution in [0.3, 0.4) is 0 Å². The van der Waals surface area contributed by atoms with Crippen molar-refractivity contribution in [3.05, 3.63) is 22.7 Å². The number of carbonyl (C=O) groups is 1. The van der Waals surface area contributed by atoms with Gasteiger partial charge in [-0.25, -0.2) is 0 Å². The summed E-state index contributed by atoms with van der Waals surface area (Å²) in [5.74, 6) is 2.05. The molecule has 3 heterocycles. The Morgan fingerprint density at radius 3 is 3.08 bits per heavy atom. The zero-order valence-corrected chi connectivity index (χ0v) is 14.8. The van der Waals surface area contributed by atoms with Gasteiger partial charge in [0.15, 0.2) is 0 Å². The Bertz CT molecular complexity index is 697. The first-order valence-electron chi connectivity index (χ1n) is 8.88. The Hall–Kier alpha value is -1.69. The van der Waals surface area contributed by atoms with Crippen molar-refractivity contribution in [1.82, 2.24) is 15.1 Å². The van der Waals surface area contributed by atoms with E-state index in [2.05, 4.69) is 22.0 Å². The van der Waals surface area contributed by atoms with Gasteiger partial charge in [-0.1, -0.05) is 12.8 Å². The molecule has 128 valence electrons. The summed E-state index contributed by atoms with van der Waals surface area (Å²) < 4.78 is 5.69. The Kier molecular flexibility index (Phi) is 4.39. The molecule has 2 fully saturated rings. The molecule has 2 aromatic heterocycles. The van der Waals surface area contributed by atoms with Gasteiger partial charge in [0.05, 0.1) is 0 Å². The quantitative estimate of drug-likeness (QED) is 0.843. The van der Waals surface area contributed by atoms with Crippen molar-refractivity contribution >= 4 is 17.2 Å². The van der Waals surface area contributed by atoms with Crippen LogP contribution in [-0.2, 0) is 11.2 Å². The molecule has 1 aliphatic carbocycles. The predicted molar refractivity (Wildman–Crippen MR) is 92.6 cm³/mol. The third-order valence-electron chi connectivity index (χ3n) is 5.42. The van der Waals surface area contributed by atoms with Crippen molar-refractivity contribution < 1.29 is 9.21 Å². The van der Waals surface area contributed by atoms with Crippen LogP contribution in [0.15, 0.2) is 21.2 Å². The van der Waals surface area contributed by atoms with Crippen LogP contribution in [0.4, 0.5) is 0 Å². The molecule has 0 aromatic carbocycles. The molecule has 0 radical (unpaired) electrons. The van der Waals surface area contributed by atoms with Crippen molar-refractivity contribution in [3.63, 3.8) is 0 Å². The van der Waals surface area contributed by atoms with E-state index in [1.54, 1.807) is 11.3 Å². The molecule has 0 bridgehead atoms. The minimum Gasteiger partial charge on any atom is -0.421 e. The standard InChI is InChI=1S/C18H23N3O2S/c1-12-10-13-4-2-3-5-15(13)21(12)17(22)7-6-16-19-20-18(23-16)14-8-9-24-11-14/h8-9,11-13,15H,2-7,10H2,1H3. The highest BCUT2D eigenvalue weighted by Gasteiger charge is 2.42. The summed E-state index contributed by atoms with van der Waals surface area (Å²) >= 11 is 1.60. The van der Waals surface area contributed by atoms with E-state index in [4.69, 9.17) is 4.42 Å². The first-order chi connectivity index (χ1) is 11.7.